The molecule has 0 radical (unpaired) electrons. The number of carboxylic acids is 1. The van der Waals surface area contributed by atoms with Crippen LogP contribution >= 0.6 is 0 Å². The molecule has 1 heterocycles. The molecule has 0 aromatic carbocycles. The topological polar surface area (TPSA) is 99.3 Å². The van der Waals surface area contributed by atoms with Crippen molar-refractivity contribution in [2.45, 2.75) is 24.7 Å². The lowest BCUT2D eigenvalue weighted by molar-refractivity contribution is -0.136. The SMILES string of the molecule is CCc1c[nH]c(CC(=O)O)c1S(=O)(=O)NC. The number of aromatic nitrogens is 1. The van der Waals surface area contributed by atoms with E-state index in [1.54, 1.807) is 0 Å². The Morgan fingerprint density at radius 2 is 2.19 bits per heavy atom. The standard InChI is InChI=1S/C9H14N2O4S/c1-3-6-5-11-7(4-8(12)13)9(6)16(14,15)10-2/h5,10-11H,3-4H2,1-2H3,(H,12,13). The molecular weight excluding hydrogens is 232 g/mol. The van der Waals surface area contributed by atoms with Crippen LogP contribution in [0.25, 0.3) is 0 Å². The molecule has 90 valence electrons. The highest BCUT2D eigenvalue weighted by molar-refractivity contribution is 7.89. The van der Waals surface area contributed by atoms with Crippen molar-refractivity contribution < 1.29 is 18.3 Å². The van der Waals surface area contributed by atoms with E-state index in [2.05, 4.69) is 9.71 Å². The monoisotopic (exact) mass is 246 g/mol. The van der Waals surface area contributed by atoms with E-state index in [1.807, 2.05) is 6.92 Å². The Bertz CT molecular complexity index is 490. The van der Waals surface area contributed by atoms with Crippen LogP contribution in [0.3, 0.4) is 0 Å². The molecule has 0 fully saturated rings. The maximum atomic E-state index is 11.7. The second kappa shape index (κ2) is 4.67. The van der Waals surface area contributed by atoms with Crippen molar-refractivity contribution in [1.29, 1.82) is 0 Å². The van der Waals surface area contributed by atoms with Gasteiger partial charge in [0.05, 0.1) is 6.42 Å². The van der Waals surface area contributed by atoms with Crippen LogP contribution in [0.2, 0.25) is 0 Å². The van der Waals surface area contributed by atoms with E-state index in [9.17, 15) is 13.2 Å². The maximum Gasteiger partial charge on any atom is 0.309 e. The molecule has 0 amide bonds. The van der Waals surface area contributed by atoms with Gasteiger partial charge in [-0.2, -0.15) is 0 Å². The zero-order chi connectivity index (χ0) is 12.3. The van der Waals surface area contributed by atoms with Gasteiger partial charge in [0.15, 0.2) is 0 Å². The molecule has 1 rings (SSSR count). The van der Waals surface area contributed by atoms with Gasteiger partial charge in [-0.05, 0) is 19.0 Å². The number of sulfonamides is 1. The summed E-state index contributed by atoms with van der Waals surface area (Å²) in [5, 5.41) is 8.68. The van der Waals surface area contributed by atoms with Gasteiger partial charge in [0.25, 0.3) is 0 Å². The Balaban J connectivity index is 3.32. The van der Waals surface area contributed by atoms with Crippen LogP contribution in [0.5, 0.6) is 0 Å². The molecule has 1 aromatic heterocycles. The number of hydrogen-bond donors (Lipinski definition) is 3. The highest BCUT2D eigenvalue weighted by atomic mass is 32.2. The third-order valence-corrected chi connectivity index (χ3v) is 3.82. The van der Waals surface area contributed by atoms with Crippen molar-refractivity contribution in [2.24, 2.45) is 0 Å². The molecule has 0 spiro atoms. The van der Waals surface area contributed by atoms with E-state index in [0.717, 1.165) is 0 Å². The van der Waals surface area contributed by atoms with Crippen molar-refractivity contribution in [3.8, 4) is 0 Å². The minimum Gasteiger partial charge on any atom is -0.481 e. The number of aromatic amines is 1. The lowest BCUT2D eigenvalue weighted by Crippen LogP contribution is -2.21. The lowest BCUT2D eigenvalue weighted by atomic mass is 10.2. The number of aliphatic carboxylic acids is 1. The fourth-order valence-corrected chi connectivity index (χ4v) is 2.69. The first-order chi connectivity index (χ1) is 7.42. The molecule has 7 heteroatoms. The Hall–Kier alpha value is -1.34. The van der Waals surface area contributed by atoms with Crippen molar-refractivity contribution in [3.63, 3.8) is 0 Å². The predicted molar refractivity (Wildman–Crippen MR) is 57.8 cm³/mol. The molecule has 0 saturated carbocycles. The summed E-state index contributed by atoms with van der Waals surface area (Å²) in [6, 6.07) is 0. The van der Waals surface area contributed by atoms with E-state index in [-0.39, 0.29) is 17.0 Å². The summed E-state index contributed by atoms with van der Waals surface area (Å²) in [6.07, 6.45) is 1.71. The fourth-order valence-electron chi connectivity index (χ4n) is 1.48. The lowest BCUT2D eigenvalue weighted by Gasteiger charge is -2.05. The minimum atomic E-state index is -3.62. The average molecular weight is 246 g/mol. The van der Waals surface area contributed by atoms with Gasteiger partial charge >= 0.3 is 5.97 Å². The van der Waals surface area contributed by atoms with Crippen molar-refractivity contribution in [3.05, 3.63) is 17.5 Å². The number of carbonyl (C=O) groups is 1. The molecule has 6 nitrogen and oxygen atoms in total. The van der Waals surface area contributed by atoms with Crippen LogP contribution < -0.4 is 4.72 Å². The Morgan fingerprint density at radius 3 is 2.62 bits per heavy atom. The number of rotatable bonds is 5. The fraction of sp³-hybridized carbons (Fsp3) is 0.444. The number of aryl methyl sites for hydroxylation is 1. The minimum absolute atomic E-state index is 0.0555. The highest BCUT2D eigenvalue weighted by Crippen LogP contribution is 2.21. The Labute approximate surface area is 93.7 Å². The Morgan fingerprint density at radius 1 is 1.56 bits per heavy atom. The number of nitrogens with one attached hydrogen (secondary N) is 2. The molecule has 0 atom stereocenters. The molecule has 1 aromatic rings. The quantitative estimate of drug-likeness (QED) is 0.686. The van der Waals surface area contributed by atoms with Crippen LogP contribution in [0.4, 0.5) is 0 Å². The summed E-state index contributed by atoms with van der Waals surface area (Å²) in [5.74, 6) is -1.07. The first-order valence-electron chi connectivity index (χ1n) is 4.76. The molecule has 0 bridgehead atoms. The summed E-state index contributed by atoms with van der Waals surface area (Å²) >= 11 is 0. The first kappa shape index (κ1) is 12.7. The van der Waals surface area contributed by atoms with Gasteiger partial charge in [0.1, 0.15) is 4.90 Å². The van der Waals surface area contributed by atoms with E-state index >= 15 is 0 Å². The van der Waals surface area contributed by atoms with E-state index in [4.69, 9.17) is 5.11 Å². The molecule has 0 aliphatic rings. The highest BCUT2D eigenvalue weighted by Gasteiger charge is 2.23. The molecule has 0 aliphatic heterocycles. The smallest absolute Gasteiger partial charge is 0.309 e. The second-order valence-electron chi connectivity index (χ2n) is 3.25. The van der Waals surface area contributed by atoms with Gasteiger partial charge in [0.2, 0.25) is 10.0 Å². The van der Waals surface area contributed by atoms with Gasteiger partial charge in [0, 0.05) is 11.9 Å². The van der Waals surface area contributed by atoms with Crippen LogP contribution in [-0.2, 0) is 27.7 Å². The first-order valence-corrected chi connectivity index (χ1v) is 6.25. The average Bonchev–Trinajstić information content (AvgIpc) is 2.60. The van der Waals surface area contributed by atoms with Crippen LogP contribution in [0.15, 0.2) is 11.1 Å². The summed E-state index contributed by atoms with van der Waals surface area (Å²) in [5.41, 5.74) is 0.796. The zero-order valence-corrected chi connectivity index (χ0v) is 9.89. The number of H-pyrrole nitrogens is 1. The van der Waals surface area contributed by atoms with Gasteiger partial charge < -0.3 is 10.1 Å². The molecule has 0 saturated heterocycles. The zero-order valence-electron chi connectivity index (χ0n) is 9.07. The van der Waals surface area contributed by atoms with Crippen LogP contribution in [0.1, 0.15) is 18.2 Å². The van der Waals surface area contributed by atoms with Crippen LogP contribution in [-0.4, -0.2) is 31.5 Å². The molecule has 3 N–H and O–H groups in total. The van der Waals surface area contributed by atoms with Crippen LogP contribution in [0, 0.1) is 0 Å². The van der Waals surface area contributed by atoms with E-state index in [1.165, 1.54) is 13.2 Å². The second-order valence-corrected chi connectivity index (χ2v) is 5.08. The number of hydrogen-bond acceptors (Lipinski definition) is 3. The van der Waals surface area contributed by atoms with Gasteiger partial charge in [-0.1, -0.05) is 6.92 Å². The predicted octanol–water partition coefficient (Wildman–Crippen LogP) is 0.112. The van der Waals surface area contributed by atoms with Gasteiger partial charge in [-0.15, -0.1) is 0 Å². The largest absolute Gasteiger partial charge is 0.481 e. The molecule has 0 unspecified atom stereocenters. The normalized spacial score (nSPS) is 11.6. The van der Waals surface area contributed by atoms with E-state index < -0.39 is 16.0 Å². The molecular formula is C9H14N2O4S. The summed E-state index contributed by atoms with van der Waals surface area (Å²) in [7, 11) is -2.32. The molecule has 16 heavy (non-hydrogen) atoms. The third-order valence-electron chi connectivity index (χ3n) is 2.23. The van der Waals surface area contributed by atoms with Crippen molar-refractivity contribution in [1.82, 2.24) is 9.71 Å². The summed E-state index contributed by atoms with van der Waals surface area (Å²) in [6.45, 7) is 1.81. The van der Waals surface area contributed by atoms with Crippen molar-refractivity contribution in [2.75, 3.05) is 7.05 Å². The molecule has 0 aliphatic carbocycles. The van der Waals surface area contributed by atoms with Gasteiger partial charge in [-0.3, -0.25) is 4.79 Å². The summed E-state index contributed by atoms with van der Waals surface area (Å²) in [4.78, 5) is 13.4. The third kappa shape index (κ3) is 2.42. The van der Waals surface area contributed by atoms with Gasteiger partial charge in [-0.25, -0.2) is 13.1 Å². The number of carboxylic acid groups (broad SMARTS) is 1. The van der Waals surface area contributed by atoms with Crippen molar-refractivity contribution >= 4 is 16.0 Å². The summed E-state index contributed by atoms with van der Waals surface area (Å²) < 4.78 is 25.6. The van der Waals surface area contributed by atoms with E-state index in [0.29, 0.717) is 12.0 Å². The maximum absolute atomic E-state index is 11.7. The Kier molecular flexibility index (Phi) is 3.71.